The fraction of sp³-hybridized carbons (Fsp3) is 0.176. The van der Waals surface area contributed by atoms with Gasteiger partial charge in [0.15, 0.2) is 6.10 Å². The number of carbonyl (C=O) groups excluding carboxylic acids is 1. The summed E-state index contributed by atoms with van der Waals surface area (Å²) in [4.78, 5) is 12.1. The summed E-state index contributed by atoms with van der Waals surface area (Å²) >= 11 is 5.84. The van der Waals surface area contributed by atoms with Gasteiger partial charge in [-0.05, 0) is 43.3 Å². The summed E-state index contributed by atoms with van der Waals surface area (Å²) in [6.07, 6.45) is -5.57. The number of hydrogen-bond acceptors (Lipinski definition) is 3. The molecule has 0 saturated carbocycles. The van der Waals surface area contributed by atoms with Gasteiger partial charge in [0.1, 0.15) is 5.75 Å². The zero-order valence-electron chi connectivity index (χ0n) is 12.9. The van der Waals surface area contributed by atoms with E-state index in [1.165, 1.54) is 13.0 Å². The fourth-order valence-electron chi connectivity index (χ4n) is 1.93. The molecule has 25 heavy (non-hydrogen) atoms. The lowest BCUT2D eigenvalue weighted by molar-refractivity contribution is -0.137. The molecular formula is C17H12ClF3N2O2. The summed E-state index contributed by atoms with van der Waals surface area (Å²) in [6.45, 7) is 1.43. The first kappa shape index (κ1) is 18.6. The van der Waals surface area contributed by atoms with E-state index in [2.05, 4.69) is 5.32 Å². The molecule has 2 aromatic carbocycles. The van der Waals surface area contributed by atoms with Crippen molar-refractivity contribution >= 4 is 23.2 Å². The maximum absolute atomic E-state index is 12.7. The van der Waals surface area contributed by atoms with Gasteiger partial charge in [-0.1, -0.05) is 17.7 Å². The van der Waals surface area contributed by atoms with Crippen LogP contribution in [0.3, 0.4) is 0 Å². The third-order valence-electron chi connectivity index (χ3n) is 3.20. The van der Waals surface area contributed by atoms with Gasteiger partial charge in [-0.15, -0.1) is 0 Å². The van der Waals surface area contributed by atoms with Crippen LogP contribution < -0.4 is 10.1 Å². The summed E-state index contributed by atoms with van der Waals surface area (Å²) in [6, 6.07) is 10.7. The summed E-state index contributed by atoms with van der Waals surface area (Å²) < 4.78 is 43.6. The molecule has 0 fully saturated rings. The van der Waals surface area contributed by atoms with Crippen molar-refractivity contribution in [2.75, 3.05) is 5.32 Å². The Labute approximate surface area is 146 Å². The van der Waals surface area contributed by atoms with E-state index in [1.807, 2.05) is 6.07 Å². The highest BCUT2D eigenvalue weighted by atomic mass is 35.5. The molecule has 1 amide bonds. The minimum absolute atomic E-state index is 0.0278. The average Bonchev–Trinajstić information content (AvgIpc) is 2.55. The second kappa shape index (κ2) is 7.45. The molecule has 0 aromatic heterocycles. The summed E-state index contributed by atoms with van der Waals surface area (Å²) in [5.74, 6) is -0.388. The molecule has 2 rings (SSSR count). The van der Waals surface area contributed by atoms with Crippen LogP contribution in [-0.4, -0.2) is 12.0 Å². The summed E-state index contributed by atoms with van der Waals surface area (Å²) in [7, 11) is 0. The predicted octanol–water partition coefficient (Wildman–Crippen LogP) is 4.64. The largest absolute Gasteiger partial charge is 0.481 e. The van der Waals surface area contributed by atoms with Gasteiger partial charge in [-0.25, -0.2) is 0 Å². The van der Waals surface area contributed by atoms with Crippen molar-refractivity contribution in [3.05, 3.63) is 58.6 Å². The van der Waals surface area contributed by atoms with E-state index in [4.69, 9.17) is 21.6 Å². The molecule has 0 aliphatic heterocycles. The van der Waals surface area contributed by atoms with Crippen molar-refractivity contribution in [3.63, 3.8) is 0 Å². The van der Waals surface area contributed by atoms with Crippen LogP contribution in [0.4, 0.5) is 18.9 Å². The highest BCUT2D eigenvalue weighted by Crippen LogP contribution is 2.33. The molecule has 0 aliphatic carbocycles. The van der Waals surface area contributed by atoms with Gasteiger partial charge in [0, 0.05) is 0 Å². The first-order chi connectivity index (χ1) is 11.7. The lowest BCUT2D eigenvalue weighted by atomic mass is 10.2. The van der Waals surface area contributed by atoms with Crippen molar-refractivity contribution in [2.24, 2.45) is 0 Å². The quantitative estimate of drug-likeness (QED) is 0.855. The average molecular weight is 369 g/mol. The molecule has 0 unspecified atom stereocenters. The first-order valence-corrected chi connectivity index (χ1v) is 7.43. The van der Waals surface area contributed by atoms with Gasteiger partial charge < -0.3 is 10.1 Å². The first-order valence-electron chi connectivity index (χ1n) is 7.05. The van der Waals surface area contributed by atoms with E-state index >= 15 is 0 Å². The van der Waals surface area contributed by atoms with Crippen LogP contribution in [0, 0.1) is 11.3 Å². The van der Waals surface area contributed by atoms with E-state index in [1.54, 1.807) is 18.2 Å². The van der Waals surface area contributed by atoms with Crippen LogP contribution in [0.25, 0.3) is 0 Å². The standard InChI is InChI=1S/C17H12ClF3N2O2/c1-10(25-13-4-2-3-11(7-13)9-22)16(24)23-15-8-12(17(19,20)21)5-6-14(15)18/h2-8,10H,1H3,(H,23,24)/t10-/m1/s1. The van der Waals surface area contributed by atoms with Gasteiger partial charge in [0.05, 0.1) is 27.9 Å². The fourth-order valence-corrected chi connectivity index (χ4v) is 2.09. The number of halogens is 4. The molecule has 0 bridgehead atoms. The molecular weight excluding hydrogens is 357 g/mol. The monoisotopic (exact) mass is 368 g/mol. The lowest BCUT2D eigenvalue weighted by Gasteiger charge is -2.16. The van der Waals surface area contributed by atoms with Crippen LogP contribution in [0.1, 0.15) is 18.1 Å². The van der Waals surface area contributed by atoms with Crippen molar-refractivity contribution in [2.45, 2.75) is 19.2 Å². The maximum atomic E-state index is 12.7. The molecule has 0 radical (unpaired) electrons. The number of ether oxygens (including phenoxy) is 1. The Kier molecular flexibility index (Phi) is 5.55. The predicted molar refractivity (Wildman–Crippen MR) is 86.3 cm³/mol. The van der Waals surface area contributed by atoms with Gasteiger partial charge >= 0.3 is 6.18 Å². The number of amides is 1. The molecule has 130 valence electrons. The number of benzene rings is 2. The molecule has 2 aromatic rings. The van der Waals surface area contributed by atoms with Crippen LogP contribution in [-0.2, 0) is 11.0 Å². The summed E-state index contributed by atoms with van der Waals surface area (Å²) in [5.41, 5.74) is -0.740. The lowest BCUT2D eigenvalue weighted by Crippen LogP contribution is -2.30. The Morgan fingerprint density at radius 1 is 1.28 bits per heavy atom. The molecule has 8 heteroatoms. The zero-order chi connectivity index (χ0) is 18.6. The van der Waals surface area contributed by atoms with Crippen LogP contribution in [0.5, 0.6) is 5.75 Å². The molecule has 1 atom stereocenters. The number of nitrogens with one attached hydrogen (secondary N) is 1. The van der Waals surface area contributed by atoms with Gasteiger partial charge in [0.2, 0.25) is 0 Å². The minimum atomic E-state index is -4.55. The third kappa shape index (κ3) is 4.88. The van der Waals surface area contributed by atoms with Crippen LogP contribution in [0.15, 0.2) is 42.5 Å². The number of carbonyl (C=O) groups is 1. The van der Waals surface area contributed by atoms with Crippen molar-refractivity contribution in [1.82, 2.24) is 0 Å². The number of nitriles is 1. The van der Waals surface area contributed by atoms with Gasteiger partial charge in [-0.3, -0.25) is 4.79 Å². The number of alkyl halides is 3. The van der Waals surface area contributed by atoms with E-state index in [0.29, 0.717) is 5.56 Å². The number of hydrogen-bond donors (Lipinski definition) is 1. The Morgan fingerprint density at radius 2 is 2.00 bits per heavy atom. The second-order valence-electron chi connectivity index (χ2n) is 5.08. The van der Waals surface area contributed by atoms with E-state index < -0.39 is 23.8 Å². The summed E-state index contributed by atoms with van der Waals surface area (Å²) in [5, 5.41) is 11.1. The highest BCUT2D eigenvalue weighted by Gasteiger charge is 2.31. The third-order valence-corrected chi connectivity index (χ3v) is 3.53. The molecule has 1 N–H and O–H groups in total. The highest BCUT2D eigenvalue weighted by molar-refractivity contribution is 6.33. The van der Waals surface area contributed by atoms with Crippen molar-refractivity contribution < 1.29 is 22.7 Å². The Hall–Kier alpha value is -2.72. The normalized spacial score (nSPS) is 12.2. The van der Waals surface area contributed by atoms with Crippen molar-refractivity contribution in [3.8, 4) is 11.8 Å². The van der Waals surface area contributed by atoms with Crippen LogP contribution in [0.2, 0.25) is 5.02 Å². The van der Waals surface area contributed by atoms with Gasteiger partial charge in [0.25, 0.3) is 5.91 Å². The van der Waals surface area contributed by atoms with E-state index in [0.717, 1.165) is 18.2 Å². The molecule has 0 saturated heterocycles. The Balaban J connectivity index is 2.12. The maximum Gasteiger partial charge on any atom is 0.416 e. The smallest absolute Gasteiger partial charge is 0.416 e. The van der Waals surface area contributed by atoms with E-state index in [-0.39, 0.29) is 16.5 Å². The van der Waals surface area contributed by atoms with E-state index in [9.17, 15) is 18.0 Å². The van der Waals surface area contributed by atoms with Crippen LogP contribution >= 0.6 is 11.6 Å². The SMILES string of the molecule is C[C@@H](Oc1cccc(C#N)c1)C(=O)Nc1cc(C(F)(F)F)ccc1Cl. The number of rotatable bonds is 4. The number of anilines is 1. The minimum Gasteiger partial charge on any atom is -0.481 e. The Bertz CT molecular complexity index is 831. The van der Waals surface area contributed by atoms with Gasteiger partial charge in [-0.2, -0.15) is 18.4 Å². The zero-order valence-corrected chi connectivity index (χ0v) is 13.7. The molecule has 4 nitrogen and oxygen atoms in total. The topological polar surface area (TPSA) is 62.1 Å². The second-order valence-corrected chi connectivity index (χ2v) is 5.49. The molecule has 0 spiro atoms. The van der Waals surface area contributed by atoms with Crippen molar-refractivity contribution in [1.29, 1.82) is 5.26 Å². The Morgan fingerprint density at radius 3 is 2.64 bits per heavy atom. The number of nitrogens with zero attached hydrogens (tertiary/aromatic N) is 1. The molecule has 0 heterocycles. The molecule has 0 aliphatic rings.